The van der Waals surface area contributed by atoms with Crippen LogP contribution in [0.1, 0.15) is 21.3 Å². The highest BCUT2D eigenvalue weighted by Gasteiger charge is 2.07. The van der Waals surface area contributed by atoms with E-state index < -0.39 is 0 Å². The Morgan fingerprint density at radius 1 is 1.08 bits per heavy atom. The number of benzene rings is 1. The molecule has 0 unspecified atom stereocenters. The summed E-state index contributed by atoms with van der Waals surface area (Å²) in [5.41, 5.74) is 2.17. The zero-order valence-corrected chi connectivity index (χ0v) is 15.5. The summed E-state index contributed by atoms with van der Waals surface area (Å²) in [7, 11) is 1.76. The average molecular weight is 354 g/mol. The van der Waals surface area contributed by atoms with Crippen LogP contribution in [0.4, 0.5) is 0 Å². The molecule has 0 aliphatic rings. The van der Waals surface area contributed by atoms with Gasteiger partial charge >= 0.3 is 0 Å². The van der Waals surface area contributed by atoms with E-state index in [0.717, 1.165) is 33.7 Å². The lowest BCUT2D eigenvalue weighted by Crippen LogP contribution is -2.36. The minimum absolute atomic E-state index is 0.572. The maximum absolute atomic E-state index is 5.89. The summed E-state index contributed by atoms with van der Waals surface area (Å²) < 4.78 is 5.89. The zero-order chi connectivity index (χ0) is 17.6. The molecule has 0 aliphatic heterocycles. The third kappa shape index (κ3) is 4.48. The van der Waals surface area contributed by atoms with E-state index in [9.17, 15) is 0 Å². The summed E-state index contributed by atoms with van der Waals surface area (Å²) in [5, 5.41) is 7.60. The van der Waals surface area contributed by atoms with Gasteiger partial charge in [0.1, 0.15) is 16.5 Å². The molecular weight excluding hydrogens is 332 g/mol. The van der Waals surface area contributed by atoms with Crippen molar-refractivity contribution in [3.05, 3.63) is 63.8 Å². The monoisotopic (exact) mass is 354 g/mol. The highest BCUT2D eigenvalue weighted by molar-refractivity contribution is 7.11. The van der Waals surface area contributed by atoms with Crippen LogP contribution in [0.5, 0.6) is 0 Å². The second-order valence-electron chi connectivity index (χ2n) is 5.66. The van der Waals surface area contributed by atoms with Crippen LogP contribution in [0, 0.1) is 13.8 Å². The van der Waals surface area contributed by atoms with Crippen molar-refractivity contribution in [1.29, 1.82) is 0 Å². The lowest BCUT2D eigenvalue weighted by Gasteiger charge is -2.09. The zero-order valence-electron chi connectivity index (χ0n) is 14.7. The van der Waals surface area contributed by atoms with Gasteiger partial charge in [-0.2, -0.15) is 0 Å². The fourth-order valence-corrected chi connectivity index (χ4v) is 3.27. The Kier molecular flexibility index (Phi) is 5.50. The number of rotatable bonds is 5. The molecule has 0 saturated carbocycles. The van der Waals surface area contributed by atoms with Crippen molar-refractivity contribution in [2.45, 2.75) is 26.9 Å². The van der Waals surface area contributed by atoms with Crippen LogP contribution in [-0.2, 0) is 13.1 Å². The summed E-state index contributed by atoms with van der Waals surface area (Å²) >= 11 is 1.71. The van der Waals surface area contributed by atoms with Gasteiger partial charge < -0.3 is 15.1 Å². The Labute approximate surface area is 151 Å². The maximum Gasteiger partial charge on any atom is 0.191 e. The number of thiazole rings is 1. The lowest BCUT2D eigenvalue weighted by atomic mass is 10.2. The largest absolute Gasteiger partial charge is 0.459 e. The summed E-state index contributed by atoms with van der Waals surface area (Å²) in [6.07, 6.45) is 0. The van der Waals surface area contributed by atoms with Crippen LogP contribution >= 0.6 is 11.3 Å². The minimum atomic E-state index is 0.572. The minimum Gasteiger partial charge on any atom is -0.459 e. The van der Waals surface area contributed by atoms with E-state index in [1.807, 2.05) is 49.4 Å². The van der Waals surface area contributed by atoms with Gasteiger partial charge in [0.25, 0.3) is 0 Å². The second-order valence-corrected chi connectivity index (χ2v) is 6.95. The molecule has 0 spiro atoms. The van der Waals surface area contributed by atoms with Crippen molar-refractivity contribution in [3.63, 3.8) is 0 Å². The van der Waals surface area contributed by atoms with Gasteiger partial charge in [-0.25, -0.2) is 4.98 Å². The standard InChI is InChI=1S/C19H22N4OS/c1-13-14(2)25-18(23-13)12-22-19(20-3)21-11-16-9-10-17(24-16)15-7-5-4-6-8-15/h4-10H,11-12H2,1-3H3,(H2,20,21,22). The van der Waals surface area contributed by atoms with Crippen LogP contribution in [0.3, 0.4) is 0 Å². The SMILES string of the molecule is CN=C(NCc1ccc(-c2ccccc2)o1)NCc1nc(C)c(C)s1. The fraction of sp³-hybridized carbons (Fsp3) is 0.263. The quantitative estimate of drug-likeness (QED) is 0.539. The topological polar surface area (TPSA) is 62.5 Å². The van der Waals surface area contributed by atoms with Crippen LogP contribution in [0.2, 0.25) is 0 Å². The van der Waals surface area contributed by atoms with E-state index in [0.29, 0.717) is 13.1 Å². The Morgan fingerprint density at radius 3 is 2.52 bits per heavy atom. The predicted octanol–water partition coefficient (Wildman–Crippen LogP) is 3.89. The molecule has 0 atom stereocenters. The van der Waals surface area contributed by atoms with E-state index in [2.05, 4.69) is 27.5 Å². The Balaban J connectivity index is 1.54. The molecule has 2 aromatic heterocycles. The first-order valence-electron chi connectivity index (χ1n) is 8.17. The van der Waals surface area contributed by atoms with E-state index in [1.54, 1.807) is 18.4 Å². The molecule has 0 amide bonds. The predicted molar refractivity (Wildman–Crippen MR) is 103 cm³/mol. The highest BCUT2D eigenvalue weighted by Crippen LogP contribution is 2.21. The molecular formula is C19H22N4OS. The van der Waals surface area contributed by atoms with Gasteiger partial charge in [-0.1, -0.05) is 30.3 Å². The summed E-state index contributed by atoms with van der Waals surface area (Å²) in [5.74, 6) is 2.46. The lowest BCUT2D eigenvalue weighted by molar-refractivity contribution is 0.513. The highest BCUT2D eigenvalue weighted by atomic mass is 32.1. The van der Waals surface area contributed by atoms with Crippen LogP contribution < -0.4 is 10.6 Å². The summed E-state index contributed by atoms with van der Waals surface area (Å²) in [6, 6.07) is 14.0. The molecule has 6 heteroatoms. The first-order chi connectivity index (χ1) is 12.2. The van der Waals surface area contributed by atoms with Crippen LogP contribution in [0.15, 0.2) is 51.9 Å². The van der Waals surface area contributed by atoms with E-state index in [4.69, 9.17) is 4.42 Å². The molecule has 0 radical (unpaired) electrons. The van der Waals surface area contributed by atoms with Crippen LogP contribution in [-0.4, -0.2) is 18.0 Å². The molecule has 25 heavy (non-hydrogen) atoms. The molecule has 5 nitrogen and oxygen atoms in total. The van der Waals surface area contributed by atoms with Gasteiger partial charge in [0.15, 0.2) is 5.96 Å². The number of hydrogen-bond donors (Lipinski definition) is 2. The third-order valence-corrected chi connectivity index (χ3v) is 4.93. The Bertz CT molecular complexity index is 832. The second kappa shape index (κ2) is 7.98. The van der Waals surface area contributed by atoms with Crippen molar-refractivity contribution >= 4 is 17.3 Å². The summed E-state index contributed by atoms with van der Waals surface area (Å²) in [6.45, 7) is 5.35. The number of aliphatic imine (C=N–C) groups is 1. The number of furan rings is 1. The molecule has 0 bridgehead atoms. The number of aryl methyl sites for hydroxylation is 2. The first kappa shape index (κ1) is 17.2. The number of nitrogens with zero attached hydrogens (tertiary/aromatic N) is 2. The van der Waals surface area contributed by atoms with Crippen molar-refractivity contribution in [2.75, 3.05) is 7.05 Å². The van der Waals surface area contributed by atoms with E-state index >= 15 is 0 Å². The maximum atomic E-state index is 5.89. The molecule has 1 aromatic carbocycles. The van der Waals surface area contributed by atoms with Crippen molar-refractivity contribution in [2.24, 2.45) is 4.99 Å². The van der Waals surface area contributed by atoms with Gasteiger partial charge in [-0.15, -0.1) is 11.3 Å². The van der Waals surface area contributed by atoms with Crippen molar-refractivity contribution < 1.29 is 4.42 Å². The van der Waals surface area contributed by atoms with Gasteiger partial charge in [0.05, 0.1) is 18.8 Å². The van der Waals surface area contributed by atoms with Crippen molar-refractivity contribution in [3.8, 4) is 11.3 Å². The Hall–Kier alpha value is -2.60. The van der Waals surface area contributed by atoms with Crippen molar-refractivity contribution in [1.82, 2.24) is 15.6 Å². The molecule has 130 valence electrons. The Morgan fingerprint density at radius 2 is 1.84 bits per heavy atom. The molecule has 3 aromatic rings. The number of aromatic nitrogens is 1. The molecule has 2 N–H and O–H groups in total. The smallest absolute Gasteiger partial charge is 0.191 e. The third-order valence-electron chi connectivity index (χ3n) is 3.85. The van der Waals surface area contributed by atoms with Gasteiger partial charge in [-0.05, 0) is 26.0 Å². The molecule has 0 fully saturated rings. The van der Waals surface area contributed by atoms with Gasteiger partial charge in [0, 0.05) is 17.5 Å². The average Bonchev–Trinajstić information content (AvgIpc) is 3.23. The normalized spacial score (nSPS) is 11.6. The molecule has 0 saturated heterocycles. The van der Waals surface area contributed by atoms with Gasteiger partial charge in [0.2, 0.25) is 0 Å². The number of guanidine groups is 1. The molecule has 2 heterocycles. The number of hydrogen-bond acceptors (Lipinski definition) is 4. The van der Waals surface area contributed by atoms with E-state index in [1.165, 1.54) is 4.88 Å². The molecule has 0 aliphatic carbocycles. The van der Waals surface area contributed by atoms with Crippen LogP contribution in [0.25, 0.3) is 11.3 Å². The fourth-order valence-electron chi connectivity index (χ4n) is 2.40. The van der Waals surface area contributed by atoms with E-state index in [-0.39, 0.29) is 0 Å². The molecule has 3 rings (SSSR count). The summed E-state index contributed by atoms with van der Waals surface area (Å²) in [4.78, 5) is 10.0. The van der Waals surface area contributed by atoms with Gasteiger partial charge in [-0.3, -0.25) is 4.99 Å². The number of nitrogens with one attached hydrogen (secondary N) is 2. The first-order valence-corrected chi connectivity index (χ1v) is 8.99.